The molecule has 1 aromatic carbocycles. The van der Waals surface area contributed by atoms with Crippen LogP contribution < -0.4 is 0 Å². The van der Waals surface area contributed by atoms with Gasteiger partial charge in [0.05, 0.1) is 23.7 Å². The van der Waals surface area contributed by atoms with Gasteiger partial charge in [0.2, 0.25) is 0 Å². The van der Waals surface area contributed by atoms with E-state index < -0.39 is 0 Å². The SMILES string of the molecule is O[C@H]1CCN(Cc2ccc(-n3cc(CCC4CCCCC4)nn3)cc2)C1. The number of hydrogen-bond donors (Lipinski definition) is 1. The lowest BCUT2D eigenvalue weighted by molar-refractivity contribution is 0.175. The predicted octanol–water partition coefficient (Wildman–Crippen LogP) is 3.35. The second-order valence-corrected chi connectivity index (χ2v) is 8.04. The molecule has 2 heterocycles. The summed E-state index contributed by atoms with van der Waals surface area (Å²) in [5.41, 5.74) is 3.44. The monoisotopic (exact) mass is 354 g/mol. The Labute approximate surface area is 156 Å². The summed E-state index contributed by atoms with van der Waals surface area (Å²) >= 11 is 0. The van der Waals surface area contributed by atoms with Gasteiger partial charge in [-0.2, -0.15) is 0 Å². The molecule has 5 nitrogen and oxygen atoms in total. The molecule has 1 aromatic heterocycles. The van der Waals surface area contributed by atoms with Gasteiger partial charge in [-0.25, -0.2) is 4.68 Å². The first-order chi connectivity index (χ1) is 12.8. The quantitative estimate of drug-likeness (QED) is 0.864. The van der Waals surface area contributed by atoms with E-state index in [2.05, 4.69) is 45.7 Å². The van der Waals surface area contributed by atoms with Crippen LogP contribution in [0.2, 0.25) is 0 Å². The van der Waals surface area contributed by atoms with E-state index in [1.807, 2.05) is 4.68 Å². The van der Waals surface area contributed by atoms with Crippen LogP contribution in [0.5, 0.6) is 0 Å². The Bertz CT molecular complexity index is 690. The zero-order valence-corrected chi connectivity index (χ0v) is 15.6. The second-order valence-electron chi connectivity index (χ2n) is 8.04. The Morgan fingerprint density at radius 2 is 1.85 bits per heavy atom. The summed E-state index contributed by atoms with van der Waals surface area (Å²) in [6, 6.07) is 8.54. The van der Waals surface area contributed by atoms with E-state index >= 15 is 0 Å². The van der Waals surface area contributed by atoms with Gasteiger partial charge in [0, 0.05) is 19.6 Å². The van der Waals surface area contributed by atoms with E-state index in [0.717, 1.165) is 49.8 Å². The standard InChI is InChI=1S/C21H30N4O/c26-21-12-13-24(16-21)14-18-7-10-20(11-8-18)25-15-19(22-23-25)9-6-17-4-2-1-3-5-17/h7-8,10-11,15,17,21,26H,1-6,9,12-14,16H2/t21-/m0/s1. The molecule has 0 spiro atoms. The number of likely N-dealkylation sites (tertiary alicyclic amines) is 1. The molecule has 1 atom stereocenters. The molecule has 2 aliphatic rings. The average Bonchev–Trinajstić information content (AvgIpc) is 3.31. The first-order valence-corrected chi connectivity index (χ1v) is 10.2. The highest BCUT2D eigenvalue weighted by Gasteiger charge is 2.20. The van der Waals surface area contributed by atoms with Crippen LogP contribution in [0.3, 0.4) is 0 Å². The van der Waals surface area contributed by atoms with Crippen molar-refractivity contribution in [2.75, 3.05) is 13.1 Å². The third-order valence-electron chi connectivity index (χ3n) is 5.93. The van der Waals surface area contributed by atoms with Gasteiger partial charge in [0.15, 0.2) is 0 Å². The molecule has 26 heavy (non-hydrogen) atoms. The molecule has 4 rings (SSSR count). The van der Waals surface area contributed by atoms with E-state index in [1.165, 1.54) is 44.1 Å². The van der Waals surface area contributed by atoms with Crippen molar-refractivity contribution in [2.24, 2.45) is 5.92 Å². The van der Waals surface area contributed by atoms with Gasteiger partial charge in [0.1, 0.15) is 0 Å². The fourth-order valence-electron chi connectivity index (χ4n) is 4.34. The number of aliphatic hydroxyl groups is 1. The molecule has 1 saturated heterocycles. The minimum absolute atomic E-state index is 0.156. The molecule has 0 bridgehead atoms. The van der Waals surface area contributed by atoms with Crippen LogP contribution >= 0.6 is 0 Å². The number of aryl methyl sites for hydroxylation is 1. The van der Waals surface area contributed by atoms with Crippen molar-refractivity contribution in [3.8, 4) is 5.69 Å². The summed E-state index contributed by atoms with van der Waals surface area (Å²) < 4.78 is 1.89. The van der Waals surface area contributed by atoms with Crippen LogP contribution in [0.4, 0.5) is 0 Å². The average molecular weight is 354 g/mol. The summed E-state index contributed by atoms with van der Waals surface area (Å²) in [5, 5.41) is 18.3. The van der Waals surface area contributed by atoms with Crippen molar-refractivity contribution < 1.29 is 5.11 Å². The van der Waals surface area contributed by atoms with Crippen molar-refractivity contribution >= 4 is 0 Å². The summed E-state index contributed by atoms with van der Waals surface area (Å²) in [5.74, 6) is 0.886. The van der Waals surface area contributed by atoms with E-state index in [-0.39, 0.29) is 6.10 Å². The predicted molar refractivity (Wildman–Crippen MR) is 102 cm³/mol. The van der Waals surface area contributed by atoms with Crippen LogP contribution in [0, 0.1) is 5.92 Å². The second kappa shape index (κ2) is 8.31. The van der Waals surface area contributed by atoms with Gasteiger partial charge >= 0.3 is 0 Å². The zero-order valence-electron chi connectivity index (χ0n) is 15.6. The minimum Gasteiger partial charge on any atom is -0.392 e. The molecule has 1 aliphatic heterocycles. The van der Waals surface area contributed by atoms with E-state index in [0.29, 0.717) is 0 Å². The Morgan fingerprint density at radius 3 is 2.58 bits per heavy atom. The lowest BCUT2D eigenvalue weighted by Gasteiger charge is -2.20. The summed E-state index contributed by atoms with van der Waals surface area (Å²) in [7, 11) is 0. The number of β-amino-alcohol motifs (C(OH)–C–C–N with tert-alkyl or cyclic N) is 1. The van der Waals surface area contributed by atoms with Gasteiger partial charge in [0.25, 0.3) is 0 Å². The molecule has 2 fully saturated rings. The zero-order chi connectivity index (χ0) is 17.8. The largest absolute Gasteiger partial charge is 0.392 e. The molecule has 0 radical (unpaired) electrons. The topological polar surface area (TPSA) is 54.2 Å². The molecular formula is C21H30N4O. The molecular weight excluding hydrogens is 324 g/mol. The number of nitrogens with zero attached hydrogens (tertiary/aromatic N) is 4. The molecule has 1 N–H and O–H groups in total. The van der Waals surface area contributed by atoms with Gasteiger partial charge in [-0.05, 0) is 42.9 Å². The lowest BCUT2D eigenvalue weighted by Crippen LogP contribution is -2.21. The smallest absolute Gasteiger partial charge is 0.0831 e. The summed E-state index contributed by atoms with van der Waals surface area (Å²) in [4.78, 5) is 2.30. The lowest BCUT2D eigenvalue weighted by atomic mass is 9.86. The van der Waals surface area contributed by atoms with E-state index in [9.17, 15) is 5.11 Å². The normalized spacial score (nSPS) is 22.1. The molecule has 0 unspecified atom stereocenters. The highest BCUT2D eigenvalue weighted by molar-refractivity contribution is 5.34. The fraction of sp³-hybridized carbons (Fsp3) is 0.619. The number of aromatic nitrogens is 3. The van der Waals surface area contributed by atoms with Crippen molar-refractivity contribution in [3.63, 3.8) is 0 Å². The fourth-order valence-corrected chi connectivity index (χ4v) is 4.34. The van der Waals surface area contributed by atoms with Gasteiger partial charge in [-0.3, -0.25) is 4.90 Å². The summed E-state index contributed by atoms with van der Waals surface area (Å²) in [6.07, 6.45) is 12.1. The van der Waals surface area contributed by atoms with Gasteiger partial charge in [-0.15, -0.1) is 5.10 Å². The minimum atomic E-state index is -0.156. The number of hydrogen-bond acceptors (Lipinski definition) is 4. The first-order valence-electron chi connectivity index (χ1n) is 10.2. The highest BCUT2D eigenvalue weighted by atomic mass is 16.3. The Morgan fingerprint density at radius 1 is 1.04 bits per heavy atom. The first kappa shape index (κ1) is 17.7. The molecule has 2 aromatic rings. The Kier molecular flexibility index (Phi) is 5.65. The van der Waals surface area contributed by atoms with Crippen LogP contribution in [0.15, 0.2) is 30.5 Å². The molecule has 0 amide bonds. The molecule has 1 saturated carbocycles. The van der Waals surface area contributed by atoms with Crippen LogP contribution in [0.25, 0.3) is 5.69 Å². The van der Waals surface area contributed by atoms with Crippen LogP contribution in [-0.2, 0) is 13.0 Å². The Balaban J connectivity index is 1.32. The number of benzene rings is 1. The van der Waals surface area contributed by atoms with Crippen LogP contribution in [-0.4, -0.2) is 44.2 Å². The van der Waals surface area contributed by atoms with E-state index in [1.54, 1.807) is 0 Å². The van der Waals surface area contributed by atoms with E-state index in [4.69, 9.17) is 0 Å². The third-order valence-corrected chi connectivity index (χ3v) is 5.93. The molecule has 140 valence electrons. The maximum absolute atomic E-state index is 9.64. The maximum atomic E-state index is 9.64. The highest BCUT2D eigenvalue weighted by Crippen LogP contribution is 2.27. The maximum Gasteiger partial charge on any atom is 0.0831 e. The van der Waals surface area contributed by atoms with Crippen LogP contribution in [0.1, 0.15) is 56.2 Å². The Hall–Kier alpha value is -1.72. The number of rotatable bonds is 6. The van der Waals surface area contributed by atoms with Crippen molar-refractivity contribution in [1.29, 1.82) is 0 Å². The third kappa shape index (κ3) is 4.51. The number of aliphatic hydroxyl groups excluding tert-OH is 1. The molecule has 5 heteroatoms. The van der Waals surface area contributed by atoms with Crippen molar-refractivity contribution in [1.82, 2.24) is 19.9 Å². The molecule has 1 aliphatic carbocycles. The summed E-state index contributed by atoms with van der Waals surface area (Å²) in [6.45, 7) is 2.67. The van der Waals surface area contributed by atoms with Gasteiger partial charge < -0.3 is 5.11 Å². The van der Waals surface area contributed by atoms with Gasteiger partial charge in [-0.1, -0.05) is 49.5 Å². The van der Waals surface area contributed by atoms with Crippen molar-refractivity contribution in [2.45, 2.75) is 64.0 Å². The van der Waals surface area contributed by atoms with Crippen molar-refractivity contribution in [3.05, 3.63) is 41.7 Å².